The molecule has 0 radical (unpaired) electrons. The molecule has 0 heterocycles. The van der Waals surface area contributed by atoms with Crippen LogP contribution in [0.5, 0.6) is 0 Å². The van der Waals surface area contributed by atoms with E-state index in [2.05, 4.69) is 0 Å². The molecular weight excluding hydrogens is 150 g/mol. The Kier molecular flexibility index (Phi) is 4.45. The molecule has 3 heteroatoms. The van der Waals surface area contributed by atoms with Gasteiger partial charge in [-0.2, -0.15) is 0 Å². The van der Waals surface area contributed by atoms with Gasteiger partial charge in [0.1, 0.15) is 5.88 Å². The van der Waals surface area contributed by atoms with Crippen LogP contribution in [0.1, 0.15) is 20.3 Å². The molecule has 0 spiro atoms. The number of nitrogens with zero attached hydrogens (tertiary/aromatic N) is 1. The lowest BCUT2D eigenvalue weighted by molar-refractivity contribution is -0.128. The Bertz CT molecular complexity index is 116. The zero-order chi connectivity index (χ0) is 8.15. The van der Waals surface area contributed by atoms with Gasteiger partial charge in [0.15, 0.2) is 0 Å². The van der Waals surface area contributed by atoms with E-state index in [4.69, 9.17) is 11.6 Å². The Morgan fingerprint density at radius 2 is 2.20 bits per heavy atom. The molecule has 0 aromatic rings. The van der Waals surface area contributed by atoms with Crippen molar-refractivity contribution in [1.82, 2.24) is 4.90 Å². The highest BCUT2D eigenvalue weighted by molar-refractivity contribution is 6.27. The number of hydrogen-bond donors (Lipinski definition) is 0. The summed E-state index contributed by atoms with van der Waals surface area (Å²) in [7, 11) is 1.78. The highest BCUT2D eigenvalue weighted by Crippen LogP contribution is 2.00. The van der Waals surface area contributed by atoms with Gasteiger partial charge < -0.3 is 4.90 Å². The summed E-state index contributed by atoms with van der Waals surface area (Å²) in [6, 6.07) is 0.297. The quantitative estimate of drug-likeness (QED) is 0.578. The topological polar surface area (TPSA) is 20.3 Å². The van der Waals surface area contributed by atoms with Crippen LogP contribution in [-0.2, 0) is 4.79 Å². The second-order valence-corrected chi connectivity index (χ2v) is 2.66. The summed E-state index contributed by atoms with van der Waals surface area (Å²) in [5, 5.41) is 0. The molecule has 2 nitrogen and oxygen atoms in total. The van der Waals surface area contributed by atoms with Gasteiger partial charge in [-0.15, -0.1) is 11.6 Å². The van der Waals surface area contributed by atoms with Crippen molar-refractivity contribution in [2.45, 2.75) is 26.3 Å². The largest absolute Gasteiger partial charge is 0.342 e. The number of halogens is 1. The summed E-state index contributed by atoms with van der Waals surface area (Å²) < 4.78 is 0. The lowest BCUT2D eigenvalue weighted by Crippen LogP contribution is -2.35. The third-order valence-corrected chi connectivity index (χ3v) is 1.99. The number of alkyl halides is 1. The van der Waals surface area contributed by atoms with Gasteiger partial charge >= 0.3 is 0 Å². The zero-order valence-corrected chi connectivity index (χ0v) is 7.48. The average Bonchev–Trinajstić information content (AvgIpc) is 2.00. The molecule has 1 atom stereocenters. The minimum atomic E-state index is -0.00369. The Hall–Kier alpha value is -0.240. The van der Waals surface area contributed by atoms with Crippen LogP contribution in [-0.4, -0.2) is 29.8 Å². The summed E-state index contributed by atoms with van der Waals surface area (Å²) in [6.07, 6.45) is 0.971. The second-order valence-electron chi connectivity index (χ2n) is 2.40. The fourth-order valence-corrected chi connectivity index (χ4v) is 0.802. The number of amides is 1. The van der Waals surface area contributed by atoms with E-state index in [0.717, 1.165) is 6.42 Å². The molecule has 0 aliphatic heterocycles. The molecule has 1 amide bonds. The van der Waals surface area contributed by atoms with E-state index >= 15 is 0 Å². The Labute approximate surface area is 67.2 Å². The number of hydrogen-bond acceptors (Lipinski definition) is 1. The molecule has 1 unspecified atom stereocenters. The summed E-state index contributed by atoms with van der Waals surface area (Å²) in [5.74, 6) is 0.0805. The fraction of sp³-hybridized carbons (Fsp3) is 0.857. The SMILES string of the molecule is CCC(C)N(C)C(=O)CCl. The Morgan fingerprint density at radius 3 is 2.50 bits per heavy atom. The van der Waals surface area contributed by atoms with Gasteiger partial charge in [-0.25, -0.2) is 0 Å². The Morgan fingerprint density at radius 1 is 1.70 bits per heavy atom. The zero-order valence-electron chi connectivity index (χ0n) is 6.72. The van der Waals surface area contributed by atoms with Gasteiger partial charge in [0.05, 0.1) is 0 Å². The molecule has 0 saturated heterocycles. The van der Waals surface area contributed by atoms with Gasteiger partial charge in [0, 0.05) is 13.1 Å². The van der Waals surface area contributed by atoms with Gasteiger partial charge in [0.25, 0.3) is 0 Å². The van der Waals surface area contributed by atoms with Crippen LogP contribution in [0, 0.1) is 0 Å². The highest BCUT2D eigenvalue weighted by Gasteiger charge is 2.11. The van der Waals surface area contributed by atoms with Gasteiger partial charge in [-0.3, -0.25) is 4.79 Å². The van der Waals surface area contributed by atoms with Crippen LogP contribution < -0.4 is 0 Å². The van der Waals surface area contributed by atoms with Crippen molar-refractivity contribution in [2.24, 2.45) is 0 Å². The maximum atomic E-state index is 10.9. The van der Waals surface area contributed by atoms with E-state index < -0.39 is 0 Å². The maximum absolute atomic E-state index is 10.9. The lowest BCUT2D eigenvalue weighted by Gasteiger charge is -2.22. The van der Waals surface area contributed by atoms with Crippen LogP contribution in [0.15, 0.2) is 0 Å². The van der Waals surface area contributed by atoms with E-state index in [-0.39, 0.29) is 11.8 Å². The van der Waals surface area contributed by atoms with Gasteiger partial charge in [-0.1, -0.05) is 6.92 Å². The Balaban J connectivity index is 3.81. The molecule has 0 aromatic carbocycles. The minimum Gasteiger partial charge on any atom is -0.342 e. The molecule has 0 aliphatic carbocycles. The van der Waals surface area contributed by atoms with E-state index in [1.165, 1.54) is 0 Å². The van der Waals surface area contributed by atoms with Crippen molar-refractivity contribution in [3.05, 3.63) is 0 Å². The number of carbonyl (C=O) groups excluding carboxylic acids is 1. The summed E-state index contributed by atoms with van der Waals surface area (Å²) in [4.78, 5) is 12.6. The summed E-state index contributed by atoms with van der Waals surface area (Å²) in [6.45, 7) is 4.05. The third-order valence-electron chi connectivity index (χ3n) is 1.76. The first-order chi connectivity index (χ1) is 4.63. The van der Waals surface area contributed by atoms with Crippen molar-refractivity contribution < 1.29 is 4.79 Å². The molecule has 0 bridgehead atoms. The van der Waals surface area contributed by atoms with Crippen LogP contribution >= 0.6 is 11.6 Å². The average molecular weight is 164 g/mol. The molecule has 60 valence electrons. The van der Waals surface area contributed by atoms with Crippen molar-refractivity contribution in [1.29, 1.82) is 0 Å². The molecule has 10 heavy (non-hydrogen) atoms. The van der Waals surface area contributed by atoms with E-state index in [0.29, 0.717) is 6.04 Å². The summed E-state index contributed by atoms with van der Waals surface area (Å²) >= 11 is 5.36. The number of carbonyl (C=O) groups is 1. The predicted octanol–water partition coefficient (Wildman–Crippen LogP) is 1.48. The number of rotatable bonds is 3. The maximum Gasteiger partial charge on any atom is 0.237 e. The normalized spacial score (nSPS) is 12.8. The van der Waals surface area contributed by atoms with Crippen LogP contribution in [0.25, 0.3) is 0 Å². The highest BCUT2D eigenvalue weighted by atomic mass is 35.5. The van der Waals surface area contributed by atoms with Crippen LogP contribution in [0.3, 0.4) is 0 Å². The first-order valence-corrected chi connectivity index (χ1v) is 3.98. The fourth-order valence-electron chi connectivity index (χ4n) is 0.614. The predicted molar refractivity (Wildman–Crippen MR) is 43.2 cm³/mol. The molecule has 0 rings (SSSR count). The molecular formula is C7H14ClNO. The van der Waals surface area contributed by atoms with E-state index in [9.17, 15) is 4.79 Å². The molecule has 0 aromatic heterocycles. The first-order valence-electron chi connectivity index (χ1n) is 3.45. The van der Waals surface area contributed by atoms with Gasteiger partial charge in [0.2, 0.25) is 5.91 Å². The van der Waals surface area contributed by atoms with Crippen LogP contribution in [0.2, 0.25) is 0 Å². The van der Waals surface area contributed by atoms with Crippen molar-refractivity contribution in [2.75, 3.05) is 12.9 Å². The second kappa shape index (κ2) is 4.56. The van der Waals surface area contributed by atoms with E-state index in [1.807, 2.05) is 13.8 Å². The molecule has 0 N–H and O–H groups in total. The van der Waals surface area contributed by atoms with Gasteiger partial charge in [-0.05, 0) is 13.3 Å². The van der Waals surface area contributed by atoms with Crippen molar-refractivity contribution in [3.63, 3.8) is 0 Å². The molecule has 0 fully saturated rings. The first kappa shape index (κ1) is 9.76. The van der Waals surface area contributed by atoms with E-state index in [1.54, 1.807) is 11.9 Å². The third kappa shape index (κ3) is 2.56. The van der Waals surface area contributed by atoms with Crippen molar-refractivity contribution >= 4 is 17.5 Å². The molecule has 0 aliphatic rings. The monoisotopic (exact) mass is 163 g/mol. The standard InChI is InChI=1S/C7H14ClNO/c1-4-6(2)9(3)7(10)5-8/h6H,4-5H2,1-3H3. The van der Waals surface area contributed by atoms with Crippen molar-refractivity contribution in [3.8, 4) is 0 Å². The summed E-state index contributed by atoms with van der Waals surface area (Å²) in [5.41, 5.74) is 0. The minimum absolute atomic E-state index is 0.00369. The smallest absolute Gasteiger partial charge is 0.237 e. The van der Waals surface area contributed by atoms with Crippen LogP contribution in [0.4, 0.5) is 0 Å². The molecule has 0 saturated carbocycles. The lowest BCUT2D eigenvalue weighted by atomic mass is 10.2.